The Morgan fingerprint density at radius 1 is 0.250 bits per heavy atom. The van der Waals surface area contributed by atoms with Crippen LogP contribution < -0.4 is 15.9 Å². The van der Waals surface area contributed by atoms with Crippen LogP contribution in [0.3, 0.4) is 0 Å². The molecular formula is C42H30BP. The molecule has 0 fully saturated rings. The average molecular weight is 576 g/mol. The molecule has 0 atom stereocenters. The minimum atomic E-state index is -0.965. The highest BCUT2D eigenvalue weighted by molar-refractivity contribution is 7.81. The van der Waals surface area contributed by atoms with Crippen LogP contribution in [-0.4, -0.2) is 8.41 Å². The number of benzene rings is 9. The van der Waals surface area contributed by atoms with Gasteiger partial charge in [0.1, 0.15) is 0 Å². The lowest BCUT2D eigenvalue weighted by Gasteiger charge is -2.26. The SMILES string of the molecule is B.c1ccc2c(c1)cc(P(c1cc3ccccc3c3ccccc13)c1cc3ccccc3c3ccccc13)c1ccccc12. The molecule has 0 spiro atoms. The normalized spacial score (nSPS) is 11.7. The van der Waals surface area contributed by atoms with Crippen LogP contribution in [-0.2, 0) is 0 Å². The van der Waals surface area contributed by atoms with E-state index in [1.54, 1.807) is 0 Å². The predicted octanol–water partition coefficient (Wildman–Crippen LogP) is 9.18. The van der Waals surface area contributed by atoms with E-state index in [1.807, 2.05) is 0 Å². The van der Waals surface area contributed by atoms with Crippen molar-refractivity contribution < 1.29 is 0 Å². The molecule has 0 aromatic heterocycles. The third-order valence-corrected chi connectivity index (χ3v) is 11.5. The molecule has 0 bridgehead atoms. The van der Waals surface area contributed by atoms with Gasteiger partial charge >= 0.3 is 0 Å². The van der Waals surface area contributed by atoms with E-state index in [2.05, 4.69) is 164 Å². The van der Waals surface area contributed by atoms with Crippen molar-refractivity contribution in [2.45, 2.75) is 0 Å². The van der Waals surface area contributed by atoms with Crippen LogP contribution in [0, 0.1) is 0 Å². The van der Waals surface area contributed by atoms with Crippen LogP contribution in [0.5, 0.6) is 0 Å². The van der Waals surface area contributed by atoms with Crippen LogP contribution in [0.2, 0.25) is 0 Å². The van der Waals surface area contributed by atoms with Gasteiger partial charge < -0.3 is 0 Å². The van der Waals surface area contributed by atoms with Gasteiger partial charge in [0.05, 0.1) is 8.41 Å². The molecule has 9 aromatic rings. The van der Waals surface area contributed by atoms with E-state index in [1.165, 1.54) is 80.5 Å². The van der Waals surface area contributed by atoms with E-state index in [0.29, 0.717) is 0 Å². The summed E-state index contributed by atoms with van der Waals surface area (Å²) in [4.78, 5) is 0. The molecule has 0 aliphatic rings. The van der Waals surface area contributed by atoms with E-state index in [-0.39, 0.29) is 8.41 Å². The summed E-state index contributed by atoms with van der Waals surface area (Å²) < 4.78 is 0. The lowest BCUT2D eigenvalue weighted by molar-refractivity contribution is 1.77. The fraction of sp³-hybridized carbons (Fsp3) is 0. The van der Waals surface area contributed by atoms with Gasteiger partial charge in [-0.2, -0.15) is 0 Å². The van der Waals surface area contributed by atoms with Crippen molar-refractivity contribution in [2.24, 2.45) is 0 Å². The van der Waals surface area contributed by atoms with Gasteiger partial charge in [0.15, 0.2) is 0 Å². The fourth-order valence-electron chi connectivity index (χ4n) is 7.05. The first kappa shape index (κ1) is 26.6. The van der Waals surface area contributed by atoms with Gasteiger partial charge in [-0.1, -0.05) is 146 Å². The molecule has 0 amide bonds. The predicted molar refractivity (Wildman–Crippen MR) is 200 cm³/mol. The number of hydrogen-bond donors (Lipinski definition) is 0. The number of rotatable bonds is 3. The largest absolute Gasteiger partial charge is 0.0814 e. The summed E-state index contributed by atoms with van der Waals surface area (Å²) in [6, 6.07) is 61.1. The second kappa shape index (κ2) is 10.6. The van der Waals surface area contributed by atoms with Crippen molar-refractivity contribution in [3.63, 3.8) is 0 Å². The molecule has 0 aliphatic heterocycles. The van der Waals surface area contributed by atoms with Crippen LogP contribution in [0.1, 0.15) is 0 Å². The summed E-state index contributed by atoms with van der Waals surface area (Å²) in [6.45, 7) is 0. The van der Waals surface area contributed by atoms with Crippen molar-refractivity contribution in [3.8, 4) is 0 Å². The average Bonchev–Trinajstić information content (AvgIpc) is 3.08. The van der Waals surface area contributed by atoms with Gasteiger partial charge in [0, 0.05) is 0 Å². The van der Waals surface area contributed by atoms with Crippen molar-refractivity contribution in [3.05, 3.63) is 164 Å². The Labute approximate surface area is 259 Å². The van der Waals surface area contributed by atoms with Gasteiger partial charge in [0.25, 0.3) is 0 Å². The quantitative estimate of drug-likeness (QED) is 0.112. The molecule has 44 heavy (non-hydrogen) atoms. The Bertz CT molecular complexity index is 2250. The zero-order valence-corrected chi connectivity index (χ0v) is 24.4. The van der Waals surface area contributed by atoms with Gasteiger partial charge in [-0.3, -0.25) is 0 Å². The maximum Gasteiger partial charge on any atom is 0.0814 e. The summed E-state index contributed by atoms with van der Waals surface area (Å²) in [5.41, 5.74) is 0. The molecule has 0 unspecified atom stereocenters. The second-order valence-corrected chi connectivity index (χ2v) is 13.4. The summed E-state index contributed by atoms with van der Waals surface area (Å²) >= 11 is 0. The van der Waals surface area contributed by atoms with Crippen molar-refractivity contribution in [2.75, 3.05) is 0 Å². The standard InChI is InChI=1S/C42H27P.BH3/c1-4-16-31-28(13-1)25-40(37-22-10-7-19-34(31)37)43(41-26-29-14-2-5-17-32(29)35-20-8-11-23-38(35)41)42-27-30-15-3-6-18-33(30)36-21-9-12-24-39(36)42;/h1-27H;1H3. The lowest BCUT2D eigenvalue weighted by Crippen LogP contribution is -2.23. The molecule has 9 aromatic carbocycles. The molecule has 0 saturated heterocycles. The first-order valence-electron chi connectivity index (χ1n) is 14.9. The minimum absolute atomic E-state index is 0. The summed E-state index contributed by atoms with van der Waals surface area (Å²) in [5, 5.41) is 20.0. The molecule has 0 saturated carbocycles. The van der Waals surface area contributed by atoms with Crippen LogP contribution in [0.25, 0.3) is 64.6 Å². The summed E-state index contributed by atoms with van der Waals surface area (Å²) in [6.07, 6.45) is 0. The van der Waals surface area contributed by atoms with Crippen molar-refractivity contribution >= 4 is 96.9 Å². The highest BCUT2D eigenvalue weighted by Crippen LogP contribution is 2.44. The molecular weight excluding hydrogens is 546 g/mol. The molecule has 0 heterocycles. The molecule has 0 N–H and O–H groups in total. The molecule has 9 rings (SSSR count). The fourth-order valence-corrected chi connectivity index (χ4v) is 9.94. The molecule has 2 heteroatoms. The Balaban J connectivity index is 0.00000289. The highest BCUT2D eigenvalue weighted by atomic mass is 31.1. The number of hydrogen-bond acceptors (Lipinski definition) is 0. The van der Waals surface area contributed by atoms with Gasteiger partial charge in [-0.15, -0.1) is 0 Å². The zero-order chi connectivity index (χ0) is 28.3. The Morgan fingerprint density at radius 3 is 0.773 bits per heavy atom. The first-order valence-corrected chi connectivity index (χ1v) is 16.2. The smallest absolute Gasteiger partial charge is 0.0616 e. The van der Waals surface area contributed by atoms with E-state index in [0.717, 1.165) is 0 Å². The van der Waals surface area contributed by atoms with Gasteiger partial charge in [0.2, 0.25) is 0 Å². The zero-order valence-electron chi connectivity index (χ0n) is 23.5. The maximum absolute atomic E-state index is 2.48. The van der Waals surface area contributed by atoms with Crippen molar-refractivity contribution in [1.29, 1.82) is 0 Å². The topological polar surface area (TPSA) is 0 Å². The molecule has 0 nitrogen and oxygen atoms in total. The summed E-state index contributed by atoms with van der Waals surface area (Å²) in [5.74, 6) is 0. The maximum atomic E-state index is 2.48. The van der Waals surface area contributed by atoms with Crippen LogP contribution in [0.15, 0.2) is 164 Å². The third-order valence-electron chi connectivity index (χ3n) is 8.96. The van der Waals surface area contributed by atoms with Gasteiger partial charge in [-0.25, -0.2) is 0 Å². The number of fused-ring (bicyclic) bond motifs is 9. The van der Waals surface area contributed by atoms with Gasteiger partial charge in [-0.05, 0) is 107 Å². The van der Waals surface area contributed by atoms with E-state index >= 15 is 0 Å². The summed E-state index contributed by atoms with van der Waals surface area (Å²) in [7, 11) is -0.965. The van der Waals surface area contributed by atoms with E-state index in [9.17, 15) is 0 Å². The highest BCUT2D eigenvalue weighted by Gasteiger charge is 2.25. The Morgan fingerprint density at radius 2 is 0.477 bits per heavy atom. The Kier molecular flexibility index (Phi) is 6.44. The Hall–Kier alpha value is -4.97. The monoisotopic (exact) mass is 576 g/mol. The van der Waals surface area contributed by atoms with E-state index in [4.69, 9.17) is 0 Å². The second-order valence-electron chi connectivity index (χ2n) is 11.3. The lowest BCUT2D eigenvalue weighted by atomic mass is 10.0. The first-order chi connectivity index (χ1) is 21.3. The van der Waals surface area contributed by atoms with Crippen LogP contribution in [0.4, 0.5) is 0 Å². The molecule has 0 radical (unpaired) electrons. The van der Waals surface area contributed by atoms with E-state index < -0.39 is 7.92 Å². The molecule has 206 valence electrons. The minimum Gasteiger partial charge on any atom is -0.0616 e. The van der Waals surface area contributed by atoms with Crippen molar-refractivity contribution in [1.82, 2.24) is 0 Å². The molecule has 0 aliphatic carbocycles. The van der Waals surface area contributed by atoms with Crippen LogP contribution >= 0.6 is 7.92 Å². The third kappa shape index (κ3) is 4.05.